The first kappa shape index (κ1) is 16.4. The van der Waals surface area contributed by atoms with E-state index in [0.717, 1.165) is 0 Å². The highest BCUT2D eigenvalue weighted by Gasteiger charge is 2.43. The Morgan fingerprint density at radius 1 is 1.41 bits per heavy atom. The molecule has 2 rings (SSSR count). The Balaban J connectivity index is 2.25. The fraction of sp³-hybridized carbons (Fsp3) is 0.500. The summed E-state index contributed by atoms with van der Waals surface area (Å²) in [7, 11) is 0. The number of primary amides is 1. The molecule has 120 valence electrons. The normalized spacial score (nSPS) is 22.5. The van der Waals surface area contributed by atoms with Gasteiger partial charge in [-0.3, -0.25) is 9.59 Å². The van der Waals surface area contributed by atoms with Crippen molar-refractivity contribution in [1.82, 2.24) is 4.90 Å². The van der Waals surface area contributed by atoms with Crippen LogP contribution in [0.5, 0.6) is 0 Å². The summed E-state index contributed by atoms with van der Waals surface area (Å²) >= 11 is 0. The zero-order chi connectivity index (χ0) is 16.5. The number of aliphatic hydroxyl groups is 1. The molecule has 1 atom stereocenters. The van der Waals surface area contributed by atoms with Gasteiger partial charge in [0.2, 0.25) is 5.91 Å². The van der Waals surface area contributed by atoms with Gasteiger partial charge in [0.1, 0.15) is 5.82 Å². The van der Waals surface area contributed by atoms with Crippen LogP contribution in [0.15, 0.2) is 24.3 Å². The molecule has 1 aliphatic rings. The van der Waals surface area contributed by atoms with Crippen molar-refractivity contribution in [2.24, 2.45) is 5.73 Å². The third-order valence-electron chi connectivity index (χ3n) is 4.30. The lowest BCUT2D eigenvalue weighted by Gasteiger charge is -2.40. The number of carbonyl (C=O) groups excluding carboxylic acids is 2. The van der Waals surface area contributed by atoms with Crippen molar-refractivity contribution >= 4 is 11.8 Å². The molecule has 22 heavy (non-hydrogen) atoms. The molecule has 1 aromatic rings. The van der Waals surface area contributed by atoms with Gasteiger partial charge in [-0.15, -0.1) is 0 Å². The number of β-amino-alcohol motifs (C(OH)–C–C–N with tert-alkyl or cyclic N) is 1. The molecule has 0 radical (unpaired) electrons. The van der Waals surface area contributed by atoms with Gasteiger partial charge in [0.15, 0.2) is 5.60 Å². The molecule has 3 N–H and O–H groups in total. The third kappa shape index (κ3) is 2.97. The lowest BCUT2D eigenvalue weighted by molar-refractivity contribution is -0.151. The summed E-state index contributed by atoms with van der Waals surface area (Å²) in [6.45, 7) is 3.71. The fourth-order valence-corrected chi connectivity index (χ4v) is 2.81. The highest BCUT2D eigenvalue weighted by Crippen LogP contribution is 2.29. The van der Waals surface area contributed by atoms with Gasteiger partial charge in [-0.25, -0.2) is 4.39 Å². The minimum Gasteiger partial charge on any atom is -0.378 e. The number of benzene rings is 1. The molecule has 1 fully saturated rings. The van der Waals surface area contributed by atoms with E-state index in [2.05, 4.69) is 0 Å². The molecule has 0 unspecified atom stereocenters. The zero-order valence-electron chi connectivity index (χ0n) is 12.8. The van der Waals surface area contributed by atoms with Crippen LogP contribution in [0, 0.1) is 5.82 Å². The Hall–Kier alpha value is -1.95. The van der Waals surface area contributed by atoms with Gasteiger partial charge < -0.3 is 15.7 Å². The molecule has 0 aromatic heterocycles. The highest BCUT2D eigenvalue weighted by atomic mass is 19.1. The van der Waals surface area contributed by atoms with E-state index >= 15 is 0 Å². The molecule has 1 aromatic carbocycles. The number of likely N-dealkylation sites (tertiary alicyclic amines) is 1. The van der Waals surface area contributed by atoms with Gasteiger partial charge in [-0.2, -0.15) is 0 Å². The van der Waals surface area contributed by atoms with Gasteiger partial charge >= 0.3 is 0 Å². The number of nitrogens with zero attached hydrogens (tertiary/aromatic N) is 1. The summed E-state index contributed by atoms with van der Waals surface area (Å²) in [5.74, 6) is -1.50. The van der Waals surface area contributed by atoms with Crippen LogP contribution in [0.4, 0.5) is 4.39 Å². The van der Waals surface area contributed by atoms with Crippen LogP contribution in [-0.2, 0) is 15.0 Å². The SMILES string of the molecule is CC(C)(C(=O)N1CCC[C@](O)(C(N)=O)C1)c1cccc(F)c1. The van der Waals surface area contributed by atoms with E-state index in [9.17, 15) is 19.1 Å². The summed E-state index contributed by atoms with van der Waals surface area (Å²) in [5, 5.41) is 10.2. The van der Waals surface area contributed by atoms with Gasteiger partial charge in [0.25, 0.3) is 5.91 Å². The number of amides is 2. The largest absolute Gasteiger partial charge is 0.378 e. The maximum Gasteiger partial charge on any atom is 0.251 e. The average molecular weight is 308 g/mol. The van der Waals surface area contributed by atoms with Crippen LogP contribution in [0.25, 0.3) is 0 Å². The lowest BCUT2D eigenvalue weighted by atomic mass is 9.81. The highest BCUT2D eigenvalue weighted by molar-refractivity contribution is 5.89. The van der Waals surface area contributed by atoms with Crippen molar-refractivity contribution in [2.45, 2.75) is 37.7 Å². The van der Waals surface area contributed by atoms with Crippen LogP contribution < -0.4 is 5.73 Å². The average Bonchev–Trinajstić information content (AvgIpc) is 2.46. The van der Waals surface area contributed by atoms with Gasteiger partial charge in [0.05, 0.1) is 12.0 Å². The molecule has 1 aliphatic heterocycles. The standard InChI is InChI=1S/C16H21FN2O3/c1-15(2,11-5-3-6-12(17)9-11)14(21)19-8-4-7-16(22,10-19)13(18)20/h3,5-6,9,22H,4,7-8,10H2,1-2H3,(H2,18,20)/t16-/m1/s1. The molecule has 0 spiro atoms. The van der Waals surface area contributed by atoms with Crippen molar-refractivity contribution in [1.29, 1.82) is 0 Å². The maximum atomic E-state index is 13.4. The van der Waals surface area contributed by atoms with Crippen LogP contribution in [0.2, 0.25) is 0 Å². The van der Waals surface area contributed by atoms with Gasteiger partial charge in [-0.05, 0) is 44.4 Å². The number of carbonyl (C=O) groups is 2. The number of hydrogen-bond donors (Lipinski definition) is 2. The number of piperidine rings is 1. The molecule has 1 heterocycles. The summed E-state index contributed by atoms with van der Waals surface area (Å²) in [6, 6.07) is 5.87. The Morgan fingerprint density at radius 3 is 2.68 bits per heavy atom. The number of halogens is 1. The number of nitrogens with two attached hydrogens (primary N) is 1. The predicted octanol–water partition coefficient (Wildman–Crippen LogP) is 0.942. The van der Waals surface area contributed by atoms with E-state index in [1.807, 2.05) is 0 Å². The van der Waals surface area contributed by atoms with Crippen molar-refractivity contribution in [3.05, 3.63) is 35.6 Å². The first-order valence-corrected chi connectivity index (χ1v) is 7.24. The van der Waals surface area contributed by atoms with Crippen molar-refractivity contribution in [3.8, 4) is 0 Å². The first-order chi connectivity index (χ1) is 10.2. The van der Waals surface area contributed by atoms with Crippen LogP contribution in [0.1, 0.15) is 32.3 Å². The Bertz CT molecular complexity index is 603. The molecule has 0 bridgehead atoms. The molecule has 1 saturated heterocycles. The van der Waals surface area contributed by atoms with Crippen molar-refractivity contribution < 1.29 is 19.1 Å². The first-order valence-electron chi connectivity index (χ1n) is 7.24. The van der Waals surface area contributed by atoms with Crippen LogP contribution in [0.3, 0.4) is 0 Å². The van der Waals surface area contributed by atoms with Gasteiger partial charge in [0, 0.05) is 6.54 Å². The predicted molar refractivity (Wildman–Crippen MR) is 79.4 cm³/mol. The Labute approximate surface area is 128 Å². The smallest absolute Gasteiger partial charge is 0.251 e. The van der Waals surface area contributed by atoms with E-state index in [4.69, 9.17) is 5.73 Å². The molecule has 6 heteroatoms. The Morgan fingerprint density at radius 2 is 2.09 bits per heavy atom. The molecule has 2 amide bonds. The molecular weight excluding hydrogens is 287 g/mol. The second kappa shape index (κ2) is 5.68. The quantitative estimate of drug-likeness (QED) is 0.872. The van der Waals surface area contributed by atoms with E-state index in [0.29, 0.717) is 18.5 Å². The maximum absolute atomic E-state index is 13.4. The van der Waals surface area contributed by atoms with Crippen molar-refractivity contribution in [2.75, 3.05) is 13.1 Å². The van der Waals surface area contributed by atoms with Gasteiger partial charge in [-0.1, -0.05) is 12.1 Å². The summed E-state index contributed by atoms with van der Waals surface area (Å²) in [6.07, 6.45) is 0.733. The fourth-order valence-electron chi connectivity index (χ4n) is 2.81. The topological polar surface area (TPSA) is 83.6 Å². The van der Waals surface area contributed by atoms with Crippen LogP contribution in [-0.4, -0.2) is 40.5 Å². The third-order valence-corrected chi connectivity index (χ3v) is 4.30. The molecule has 0 aliphatic carbocycles. The molecule has 5 nitrogen and oxygen atoms in total. The summed E-state index contributed by atoms with van der Waals surface area (Å²) in [4.78, 5) is 25.6. The zero-order valence-corrected chi connectivity index (χ0v) is 12.8. The van der Waals surface area contributed by atoms with Crippen molar-refractivity contribution in [3.63, 3.8) is 0 Å². The lowest BCUT2D eigenvalue weighted by Crippen LogP contribution is -2.59. The van der Waals surface area contributed by atoms with E-state index in [1.165, 1.54) is 17.0 Å². The van der Waals surface area contributed by atoms with E-state index in [-0.39, 0.29) is 18.9 Å². The van der Waals surface area contributed by atoms with Crippen LogP contribution >= 0.6 is 0 Å². The van der Waals surface area contributed by atoms with E-state index < -0.39 is 22.7 Å². The second-order valence-corrected chi connectivity index (χ2v) is 6.36. The monoisotopic (exact) mass is 308 g/mol. The summed E-state index contributed by atoms with van der Waals surface area (Å²) in [5.41, 5.74) is 3.13. The second-order valence-electron chi connectivity index (χ2n) is 6.36. The minimum atomic E-state index is -1.69. The molecule has 0 saturated carbocycles. The molecular formula is C16H21FN2O3. The Kier molecular flexibility index (Phi) is 4.24. The number of rotatable bonds is 3. The number of hydrogen-bond acceptors (Lipinski definition) is 3. The summed E-state index contributed by atoms with van der Waals surface area (Å²) < 4.78 is 13.4. The van der Waals surface area contributed by atoms with E-state index in [1.54, 1.807) is 26.0 Å². The minimum absolute atomic E-state index is 0.125.